The largest absolute Gasteiger partial charge is 0.310 e. The predicted octanol–water partition coefficient (Wildman–Crippen LogP) is 3.88. The minimum absolute atomic E-state index is 0.543. The highest BCUT2D eigenvalue weighted by atomic mass is 32.1. The summed E-state index contributed by atoms with van der Waals surface area (Å²) >= 11 is 1.91. The van der Waals surface area contributed by atoms with Gasteiger partial charge in [-0.3, -0.25) is 4.90 Å². The van der Waals surface area contributed by atoms with Crippen LogP contribution in [0.1, 0.15) is 29.2 Å². The standard InChI is InChI=1S/C17H24N2S/c1-14(2)18-11-16-9-10-17(20-16)13-19(3)12-15-7-5-4-6-8-15/h4-10,14,18H,11-13H2,1-3H3. The molecule has 3 heteroatoms. The summed E-state index contributed by atoms with van der Waals surface area (Å²) in [6.07, 6.45) is 0. The van der Waals surface area contributed by atoms with Crippen molar-refractivity contribution < 1.29 is 0 Å². The monoisotopic (exact) mass is 288 g/mol. The van der Waals surface area contributed by atoms with Gasteiger partial charge in [-0.2, -0.15) is 0 Å². The van der Waals surface area contributed by atoms with Crippen molar-refractivity contribution in [3.05, 3.63) is 57.8 Å². The third-order valence-corrected chi connectivity index (χ3v) is 4.19. The molecular formula is C17H24N2S. The molecule has 108 valence electrons. The first-order chi connectivity index (χ1) is 9.63. The van der Waals surface area contributed by atoms with E-state index >= 15 is 0 Å². The molecule has 1 aromatic carbocycles. The number of hydrogen-bond acceptors (Lipinski definition) is 3. The average Bonchev–Trinajstić information content (AvgIpc) is 2.85. The van der Waals surface area contributed by atoms with E-state index in [2.05, 4.69) is 73.6 Å². The Morgan fingerprint density at radius 2 is 1.70 bits per heavy atom. The van der Waals surface area contributed by atoms with Gasteiger partial charge in [-0.1, -0.05) is 44.2 Å². The van der Waals surface area contributed by atoms with E-state index in [0.29, 0.717) is 6.04 Å². The molecular weight excluding hydrogens is 264 g/mol. The minimum Gasteiger partial charge on any atom is -0.310 e. The second kappa shape index (κ2) is 7.58. The molecule has 2 aromatic rings. The summed E-state index contributed by atoms with van der Waals surface area (Å²) in [4.78, 5) is 5.21. The Bertz CT molecular complexity index is 505. The van der Waals surface area contributed by atoms with E-state index in [4.69, 9.17) is 0 Å². The lowest BCUT2D eigenvalue weighted by Gasteiger charge is -2.15. The zero-order valence-corrected chi connectivity index (χ0v) is 13.4. The summed E-state index contributed by atoms with van der Waals surface area (Å²) in [6.45, 7) is 7.36. The van der Waals surface area contributed by atoms with Gasteiger partial charge in [-0.15, -0.1) is 11.3 Å². The van der Waals surface area contributed by atoms with Crippen LogP contribution in [0.25, 0.3) is 0 Å². The van der Waals surface area contributed by atoms with E-state index in [-0.39, 0.29) is 0 Å². The SMILES string of the molecule is CC(C)NCc1ccc(CN(C)Cc2ccccc2)s1. The van der Waals surface area contributed by atoms with E-state index in [1.165, 1.54) is 15.3 Å². The van der Waals surface area contributed by atoms with Crippen LogP contribution < -0.4 is 5.32 Å². The molecule has 1 heterocycles. The van der Waals surface area contributed by atoms with Crippen LogP contribution >= 0.6 is 11.3 Å². The molecule has 0 atom stereocenters. The van der Waals surface area contributed by atoms with Gasteiger partial charge in [0.1, 0.15) is 0 Å². The summed E-state index contributed by atoms with van der Waals surface area (Å²) < 4.78 is 0. The Morgan fingerprint density at radius 3 is 2.40 bits per heavy atom. The van der Waals surface area contributed by atoms with Crippen molar-refractivity contribution in [1.82, 2.24) is 10.2 Å². The van der Waals surface area contributed by atoms with Crippen LogP contribution in [0.5, 0.6) is 0 Å². The first-order valence-corrected chi connectivity index (χ1v) is 7.98. The van der Waals surface area contributed by atoms with Gasteiger partial charge in [0.05, 0.1) is 0 Å². The maximum Gasteiger partial charge on any atom is 0.0328 e. The van der Waals surface area contributed by atoms with E-state index in [1.54, 1.807) is 0 Å². The molecule has 0 fully saturated rings. The minimum atomic E-state index is 0.543. The second-order valence-corrected chi connectivity index (χ2v) is 6.81. The van der Waals surface area contributed by atoms with Crippen LogP contribution in [0.4, 0.5) is 0 Å². The lowest BCUT2D eigenvalue weighted by molar-refractivity contribution is 0.322. The van der Waals surface area contributed by atoms with Crippen LogP contribution in [0.2, 0.25) is 0 Å². The number of nitrogens with one attached hydrogen (secondary N) is 1. The predicted molar refractivity (Wildman–Crippen MR) is 87.9 cm³/mol. The van der Waals surface area contributed by atoms with Gasteiger partial charge in [-0.05, 0) is 24.7 Å². The third-order valence-electron chi connectivity index (χ3n) is 3.12. The highest BCUT2D eigenvalue weighted by molar-refractivity contribution is 7.11. The molecule has 0 amide bonds. The Kier molecular flexibility index (Phi) is 5.77. The van der Waals surface area contributed by atoms with Crippen molar-refractivity contribution in [3.63, 3.8) is 0 Å². The highest BCUT2D eigenvalue weighted by Crippen LogP contribution is 2.18. The fourth-order valence-electron chi connectivity index (χ4n) is 2.12. The van der Waals surface area contributed by atoms with Crippen molar-refractivity contribution in [2.24, 2.45) is 0 Å². The maximum absolute atomic E-state index is 3.47. The lowest BCUT2D eigenvalue weighted by atomic mass is 10.2. The molecule has 0 unspecified atom stereocenters. The molecule has 0 aliphatic rings. The molecule has 1 N–H and O–H groups in total. The number of benzene rings is 1. The van der Waals surface area contributed by atoms with Gasteiger partial charge >= 0.3 is 0 Å². The van der Waals surface area contributed by atoms with Crippen molar-refractivity contribution >= 4 is 11.3 Å². The quantitative estimate of drug-likeness (QED) is 0.832. The van der Waals surface area contributed by atoms with Crippen LogP contribution in [0, 0.1) is 0 Å². The summed E-state index contributed by atoms with van der Waals surface area (Å²) in [5.74, 6) is 0. The zero-order chi connectivity index (χ0) is 14.4. The smallest absolute Gasteiger partial charge is 0.0328 e. The third kappa shape index (κ3) is 5.08. The normalized spacial score (nSPS) is 11.4. The molecule has 2 rings (SSSR count). The number of rotatable bonds is 7. The van der Waals surface area contributed by atoms with Crippen molar-refractivity contribution in [3.8, 4) is 0 Å². The lowest BCUT2D eigenvalue weighted by Crippen LogP contribution is -2.21. The Morgan fingerprint density at radius 1 is 1.00 bits per heavy atom. The molecule has 0 aliphatic carbocycles. The van der Waals surface area contributed by atoms with Gasteiger partial charge in [-0.25, -0.2) is 0 Å². The number of thiophene rings is 1. The number of hydrogen-bond donors (Lipinski definition) is 1. The zero-order valence-electron chi connectivity index (χ0n) is 12.6. The molecule has 0 saturated heterocycles. The summed E-state index contributed by atoms with van der Waals surface area (Å²) in [5, 5.41) is 3.47. The summed E-state index contributed by atoms with van der Waals surface area (Å²) in [5.41, 5.74) is 1.37. The fraction of sp³-hybridized carbons (Fsp3) is 0.412. The second-order valence-electron chi connectivity index (χ2n) is 5.56. The van der Waals surface area contributed by atoms with Crippen LogP contribution in [0.15, 0.2) is 42.5 Å². The molecule has 0 bridgehead atoms. The number of nitrogens with zero attached hydrogens (tertiary/aromatic N) is 1. The molecule has 20 heavy (non-hydrogen) atoms. The molecule has 0 radical (unpaired) electrons. The topological polar surface area (TPSA) is 15.3 Å². The van der Waals surface area contributed by atoms with Crippen LogP contribution in [-0.4, -0.2) is 18.0 Å². The van der Waals surface area contributed by atoms with Gasteiger partial charge < -0.3 is 5.32 Å². The fourth-order valence-corrected chi connectivity index (χ4v) is 3.17. The summed E-state index contributed by atoms with van der Waals surface area (Å²) in [7, 11) is 2.18. The maximum atomic E-state index is 3.47. The van der Waals surface area contributed by atoms with E-state index < -0.39 is 0 Å². The van der Waals surface area contributed by atoms with Crippen molar-refractivity contribution in [2.45, 2.75) is 39.5 Å². The molecule has 1 aromatic heterocycles. The van der Waals surface area contributed by atoms with E-state index in [1.807, 2.05) is 11.3 Å². The Balaban J connectivity index is 1.83. The molecule has 0 saturated carbocycles. The molecule has 0 spiro atoms. The first kappa shape index (κ1) is 15.2. The van der Waals surface area contributed by atoms with Crippen molar-refractivity contribution in [1.29, 1.82) is 0 Å². The molecule has 0 aliphatic heterocycles. The summed E-state index contributed by atoms with van der Waals surface area (Å²) in [6, 6.07) is 15.7. The van der Waals surface area contributed by atoms with Gasteiger partial charge in [0.25, 0.3) is 0 Å². The van der Waals surface area contributed by atoms with Gasteiger partial charge in [0.2, 0.25) is 0 Å². The first-order valence-electron chi connectivity index (χ1n) is 7.17. The highest BCUT2D eigenvalue weighted by Gasteiger charge is 2.05. The average molecular weight is 288 g/mol. The van der Waals surface area contributed by atoms with E-state index in [9.17, 15) is 0 Å². The molecule has 2 nitrogen and oxygen atoms in total. The Labute approximate surface area is 126 Å². The van der Waals surface area contributed by atoms with E-state index in [0.717, 1.165) is 19.6 Å². The van der Waals surface area contributed by atoms with Gasteiger partial charge in [0, 0.05) is 35.4 Å². The van der Waals surface area contributed by atoms with Crippen molar-refractivity contribution in [2.75, 3.05) is 7.05 Å². The van der Waals surface area contributed by atoms with Crippen LogP contribution in [-0.2, 0) is 19.6 Å². The Hall–Kier alpha value is -1.16. The van der Waals surface area contributed by atoms with Crippen LogP contribution in [0.3, 0.4) is 0 Å². The van der Waals surface area contributed by atoms with Gasteiger partial charge in [0.15, 0.2) is 0 Å².